The van der Waals surface area contributed by atoms with Gasteiger partial charge in [-0.15, -0.1) is 0 Å². The van der Waals surface area contributed by atoms with Crippen molar-refractivity contribution in [2.45, 2.75) is 51.9 Å². The summed E-state index contributed by atoms with van der Waals surface area (Å²) in [6.45, 7) is 6.34. The van der Waals surface area contributed by atoms with Crippen LogP contribution in [0.5, 0.6) is 0 Å². The Labute approximate surface area is 221 Å². The molecule has 5 aromatic rings. The van der Waals surface area contributed by atoms with Gasteiger partial charge in [0.05, 0.1) is 23.3 Å². The van der Waals surface area contributed by atoms with E-state index in [1.807, 2.05) is 60.7 Å². The second-order valence-electron chi connectivity index (χ2n) is 10.9. The number of rotatable bonds is 5. The predicted octanol–water partition coefficient (Wildman–Crippen LogP) is 5.16. The van der Waals surface area contributed by atoms with Gasteiger partial charge in [0.1, 0.15) is 17.7 Å². The fourth-order valence-corrected chi connectivity index (χ4v) is 5.22. The summed E-state index contributed by atoms with van der Waals surface area (Å²) in [5.74, 6) is 1.05. The molecule has 2 aromatic carbocycles. The Morgan fingerprint density at radius 3 is 2.50 bits per heavy atom. The molecule has 0 spiro atoms. The maximum absolute atomic E-state index is 13.1. The second kappa shape index (κ2) is 9.13. The van der Waals surface area contributed by atoms with Crippen molar-refractivity contribution in [1.82, 2.24) is 24.3 Å². The van der Waals surface area contributed by atoms with Gasteiger partial charge in [0.15, 0.2) is 5.82 Å². The van der Waals surface area contributed by atoms with Gasteiger partial charge in [-0.25, -0.2) is 14.6 Å². The van der Waals surface area contributed by atoms with Crippen molar-refractivity contribution in [2.75, 3.05) is 11.1 Å². The molecule has 6 rings (SSSR count). The summed E-state index contributed by atoms with van der Waals surface area (Å²) in [6, 6.07) is 19.9. The number of anilines is 2. The lowest BCUT2D eigenvalue weighted by molar-refractivity contribution is -0.115. The van der Waals surface area contributed by atoms with Gasteiger partial charge < -0.3 is 15.6 Å². The zero-order valence-electron chi connectivity index (χ0n) is 21.9. The number of aromatic nitrogens is 5. The SMILES string of the molecule is CC(C)(C)c1cc(NC(=O)Cc2ccc(-n3c4c(c5ncnc(N)c53)CCC4)cc2)n(-c2ccccc2)n1. The van der Waals surface area contributed by atoms with Crippen LogP contribution >= 0.6 is 0 Å². The van der Waals surface area contributed by atoms with Crippen molar-refractivity contribution in [3.8, 4) is 11.4 Å². The van der Waals surface area contributed by atoms with Crippen LogP contribution in [0, 0.1) is 0 Å². The highest BCUT2D eigenvalue weighted by molar-refractivity contribution is 5.92. The fourth-order valence-electron chi connectivity index (χ4n) is 5.22. The van der Waals surface area contributed by atoms with Crippen LogP contribution in [0.1, 0.15) is 49.7 Å². The Morgan fingerprint density at radius 2 is 1.76 bits per heavy atom. The molecule has 0 bridgehead atoms. The summed E-state index contributed by atoms with van der Waals surface area (Å²) < 4.78 is 3.98. The third-order valence-electron chi connectivity index (χ3n) is 7.12. The molecular formula is C30H31N7O. The van der Waals surface area contributed by atoms with E-state index in [1.165, 1.54) is 17.6 Å². The topological polar surface area (TPSA) is 104 Å². The number of nitrogens with zero attached hydrogens (tertiary/aromatic N) is 5. The number of amides is 1. The highest BCUT2D eigenvalue weighted by Gasteiger charge is 2.25. The lowest BCUT2D eigenvalue weighted by atomic mass is 9.92. The average molecular weight is 506 g/mol. The Morgan fingerprint density at radius 1 is 1.00 bits per heavy atom. The summed E-state index contributed by atoms with van der Waals surface area (Å²) in [7, 11) is 0. The van der Waals surface area contributed by atoms with Crippen LogP contribution in [0.3, 0.4) is 0 Å². The van der Waals surface area contributed by atoms with Crippen LogP contribution in [-0.4, -0.2) is 30.2 Å². The number of nitrogens with one attached hydrogen (secondary N) is 1. The highest BCUT2D eigenvalue weighted by Crippen LogP contribution is 2.36. The van der Waals surface area contributed by atoms with Gasteiger partial charge >= 0.3 is 0 Å². The number of para-hydroxylation sites is 1. The van der Waals surface area contributed by atoms with Crippen LogP contribution in [0.2, 0.25) is 0 Å². The molecule has 0 radical (unpaired) electrons. The highest BCUT2D eigenvalue weighted by atomic mass is 16.1. The van der Waals surface area contributed by atoms with Crippen LogP contribution in [0.4, 0.5) is 11.6 Å². The van der Waals surface area contributed by atoms with E-state index in [2.05, 4.69) is 40.6 Å². The van der Waals surface area contributed by atoms with E-state index < -0.39 is 0 Å². The smallest absolute Gasteiger partial charge is 0.229 e. The van der Waals surface area contributed by atoms with E-state index in [9.17, 15) is 4.79 Å². The first kappa shape index (κ1) is 23.9. The number of benzene rings is 2. The number of hydrogen-bond acceptors (Lipinski definition) is 5. The van der Waals surface area contributed by atoms with Gasteiger partial charge in [0.2, 0.25) is 5.91 Å². The number of carbonyl (C=O) groups is 1. The lowest BCUT2D eigenvalue weighted by Gasteiger charge is -2.14. The molecule has 1 aliphatic carbocycles. The summed E-state index contributed by atoms with van der Waals surface area (Å²) >= 11 is 0. The number of nitrogens with two attached hydrogens (primary N) is 1. The minimum atomic E-state index is -0.146. The number of hydrogen-bond donors (Lipinski definition) is 2. The van der Waals surface area contributed by atoms with Crippen molar-refractivity contribution in [3.63, 3.8) is 0 Å². The molecule has 0 fully saturated rings. The Balaban J connectivity index is 1.26. The molecule has 8 nitrogen and oxygen atoms in total. The number of nitrogen functional groups attached to an aromatic ring is 1. The van der Waals surface area contributed by atoms with Crippen LogP contribution in [-0.2, 0) is 29.5 Å². The molecule has 1 amide bonds. The van der Waals surface area contributed by atoms with Crippen molar-refractivity contribution in [1.29, 1.82) is 0 Å². The molecule has 8 heteroatoms. The third-order valence-corrected chi connectivity index (χ3v) is 7.12. The summed E-state index contributed by atoms with van der Waals surface area (Å²) in [6.07, 6.45) is 4.89. The van der Waals surface area contributed by atoms with Gasteiger partial charge in [-0.05, 0) is 54.7 Å². The third kappa shape index (κ3) is 4.22. The first-order chi connectivity index (χ1) is 18.3. The number of aryl methyl sites for hydroxylation is 1. The predicted molar refractivity (Wildman–Crippen MR) is 150 cm³/mol. The van der Waals surface area contributed by atoms with Gasteiger partial charge in [0.25, 0.3) is 0 Å². The van der Waals surface area contributed by atoms with Gasteiger partial charge in [-0.3, -0.25) is 4.79 Å². The summed E-state index contributed by atoms with van der Waals surface area (Å²) in [5.41, 5.74) is 14.2. The van der Waals surface area contributed by atoms with Crippen LogP contribution in [0.15, 0.2) is 67.0 Å². The van der Waals surface area contributed by atoms with Crippen molar-refractivity contribution >= 4 is 28.6 Å². The molecule has 3 N–H and O–H groups in total. The molecule has 3 heterocycles. The zero-order chi connectivity index (χ0) is 26.4. The average Bonchev–Trinajstić information content (AvgIpc) is 3.60. The van der Waals surface area contributed by atoms with E-state index in [4.69, 9.17) is 10.8 Å². The molecule has 0 saturated carbocycles. The number of fused-ring (bicyclic) bond motifs is 3. The fraction of sp³-hybridized carbons (Fsp3) is 0.267. The summed E-state index contributed by atoms with van der Waals surface area (Å²) in [4.78, 5) is 21.9. The second-order valence-corrected chi connectivity index (χ2v) is 10.9. The molecule has 0 unspecified atom stereocenters. The first-order valence-corrected chi connectivity index (χ1v) is 13.0. The Hall–Kier alpha value is -4.46. The lowest BCUT2D eigenvalue weighted by Crippen LogP contribution is -2.17. The van der Waals surface area contributed by atoms with Gasteiger partial charge in [0, 0.05) is 22.9 Å². The zero-order valence-corrected chi connectivity index (χ0v) is 21.9. The van der Waals surface area contributed by atoms with Gasteiger partial charge in [-0.2, -0.15) is 5.10 Å². The monoisotopic (exact) mass is 505 g/mol. The maximum Gasteiger partial charge on any atom is 0.229 e. The molecule has 3 aromatic heterocycles. The van der Waals surface area contributed by atoms with E-state index in [0.29, 0.717) is 11.6 Å². The summed E-state index contributed by atoms with van der Waals surface area (Å²) in [5, 5.41) is 7.87. The maximum atomic E-state index is 13.1. The van der Waals surface area contributed by atoms with E-state index in [0.717, 1.165) is 52.9 Å². The van der Waals surface area contributed by atoms with E-state index >= 15 is 0 Å². The van der Waals surface area contributed by atoms with E-state index in [-0.39, 0.29) is 17.7 Å². The first-order valence-electron chi connectivity index (χ1n) is 13.0. The van der Waals surface area contributed by atoms with Gasteiger partial charge in [-0.1, -0.05) is 51.1 Å². The minimum Gasteiger partial charge on any atom is -0.382 e. The van der Waals surface area contributed by atoms with Crippen LogP contribution < -0.4 is 11.1 Å². The van der Waals surface area contributed by atoms with Crippen LogP contribution in [0.25, 0.3) is 22.4 Å². The van der Waals surface area contributed by atoms with E-state index in [1.54, 1.807) is 4.68 Å². The Bertz CT molecular complexity index is 1640. The molecule has 192 valence electrons. The quantitative estimate of drug-likeness (QED) is 0.344. The van der Waals surface area contributed by atoms with Crippen molar-refractivity contribution in [2.24, 2.45) is 0 Å². The van der Waals surface area contributed by atoms with Crippen molar-refractivity contribution in [3.05, 3.63) is 89.5 Å². The molecule has 0 aliphatic heterocycles. The minimum absolute atomic E-state index is 0.0970. The normalized spacial score (nSPS) is 13.1. The molecule has 1 aliphatic rings. The Kier molecular flexibility index (Phi) is 5.75. The molecule has 38 heavy (non-hydrogen) atoms. The standard InChI is InChI=1S/C30H31N7O/c1-30(2,3)24-17-25(37(35-24)21-8-5-4-6-9-21)34-26(38)16-19-12-14-20(15-13-19)36-23-11-7-10-22(23)27-28(36)29(31)33-18-32-27/h4-6,8-9,12-15,17-18H,7,10-11,16H2,1-3H3,(H,34,38)(H2,31,32,33). The molecule has 0 atom stereocenters. The van der Waals surface area contributed by atoms with Crippen molar-refractivity contribution < 1.29 is 4.79 Å². The molecular weight excluding hydrogens is 474 g/mol. The largest absolute Gasteiger partial charge is 0.382 e. The number of carbonyl (C=O) groups excluding carboxylic acids is 1. The molecule has 0 saturated heterocycles.